The molecule has 0 radical (unpaired) electrons. The van der Waals surface area contributed by atoms with Gasteiger partial charge in [0.1, 0.15) is 12.0 Å². The molecule has 0 aliphatic carbocycles. The van der Waals surface area contributed by atoms with E-state index in [0.29, 0.717) is 6.54 Å². The van der Waals surface area contributed by atoms with Crippen LogP contribution < -0.4 is 5.73 Å². The molecule has 126 valence electrons. The average Bonchev–Trinajstić information content (AvgIpc) is 2.30. The average molecular weight is 313 g/mol. The molecule has 1 saturated heterocycles. The second kappa shape index (κ2) is 6.54. The number of carbonyl (C=O) groups is 3. The van der Waals surface area contributed by atoms with E-state index in [1.54, 1.807) is 9.80 Å². The van der Waals surface area contributed by atoms with Crippen molar-refractivity contribution in [3.8, 4) is 0 Å². The largest absolute Gasteiger partial charge is 0.444 e. The molecule has 1 rings (SSSR count). The summed E-state index contributed by atoms with van der Waals surface area (Å²) in [6.07, 6.45) is -0.700. The van der Waals surface area contributed by atoms with E-state index in [1.807, 2.05) is 41.5 Å². The van der Waals surface area contributed by atoms with Crippen molar-refractivity contribution in [3.63, 3.8) is 0 Å². The minimum Gasteiger partial charge on any atom is -0.444 e. The SMILES string of the molecule is CC1C(C)N(C(=O)CC(N)=O)C(C)CN1C(=O)OC(C)(C)C. The van der Waals surface area contributed by atoms with Gasteiger partial charge in [-0.25, -0.2) is 4.79 Å². The number of hydrogen-bond donors (Lipinski definition) is 1. The lowest BCUT2D eigenvalue weighted by molar-refractivity contribution is -0.143. The Morgan fingerprint density at radius 3 is 2.14 bits per heavy atom. The normalized spacial score (nSPS) is 25.8. The topological polar surface area (TPSA) is 92.9 Å². The number of ether oxygens (including phenoxy) is 1. The minimum atomic E-state index is -0.647. The zero-order valence-corrected chi connectivity index (χ0v) is 14.3. The lowest BCUT2D eigenvalue weighted by Crippen LogP contribution is -2.64. The Morgan fingerprint density at radius 1 is 1.14 bits per heavy atom. The van der Waals surface area contributed by atoms with Crippen molar-refractivity contribution >= 4 is 17.9 Å². The molecule has 0 aromatic heterocycles. The zero-order chi connectivity index (χ0) is 17.2. The minimum absolute atomic E-state index is 0.203. The molecule has 2 N–H and O–H groups in total. The summed E-state index contributed by atoms with van der Waals surface area (Å²) in [5.41, 5.74) is 4.53. The first kappa shape index (κ1) is 18.3. The van der Waals surface area contributed by atoms with Crippen LogP contribution in [0.2, 0.25) is 0 Å². The van der Waals surface area contributed by atoms with Gasteiger partial charge in [0.2, 0.25) is 11.8 Å². The van der Waals surface area contributed by atoms with Crippen molar-refractivity contribution < 1.29 is 19.1 Å². The van der Waals surface area contributed by atoms with E-state index in [4.69, 9.17) is 10.5 Å². The number of hydrogen-bond acceptors (Lipinski definition) is 4. The van der Waals surface area contributed by atoms with E-state index in [9.17, 15) is 14.4 Å². The van der Waals surface area contributed by atoms with E-state index < -0.39 is 11.5 Å². The summed E-state index contributed by atoms with van der Waals surface area (Å²) in [5.74, 6) is -0.949. The number of nitrogens with zero attached hydrogens (tertiary/aromatic N) is 2. The van der Waals surface area contributed by atoms with Gasteiger partial charge in [0.05, 0.1) is 6.04 Å². The highest BCUT2D eigenvalue weighted by Crippen LogP contribution is 2.24. The third-order valence-electron chi connectivity index (χ3n) is 3.81. The molecule has 3 atom stereocenters. The van der Waals surface area contributed by atoms with Crippen molar-refractivity contribution in [3.05, 3.63) is 0 Å². The molecule has 7 nitrogen and oxygen atoms in total. The molecule has 0 bridgehead atoms. The first-order valence-electron chi connectivity index (χ1n) is 7.53. The molecular weight excluding hydrogens is 286 g/mol. The molecular formula is C15H27N3O4. The number of carbonyl (C=O) groups excluding carboxylic acids is 3. The fraction of sp³-hybridized carbons (Fsp3) is 0.800. The maximum Gasteiger partial charge on any atom is 0.410 e. The summed E-state index contributed by atoms with van der Waals surface area (Å²) in [5, 5.41) is 0. The van der Waals surface area contributed by atoms with Crippen LogP contribution in [0.1, 0.15) is 48.0 Å². The van der Waals surface area contributed by atoms with Crippen molar-refractivity contribution in [2.75, 3.05) is 6.54 Å². The van der Waals surface area contributed by atoms with Crippen LogP contribution in [0, 0.1) is 0 Å². The molecule has 3 amide bonds. The lowest BCUT2D eigenvalue weighted by atomic mass is 10.00. The summed E-state index contributed by atoms with van der Waals surface area (Å²) in [6.45, 7) is 11.4. The summed E-state index contributed by atoms with van der Waals surface area (Å²) in [7, 11) is 0. The van der Waals surface area contributed by atoms with Crippen LogP contribution in [0.15, 0.2) is 0 Å². The van der Waals surface area contributed by atoms with Gasteiger partial charge in [0.25, 0.3) is 0 Å². The first-order chi connectivity index (χ1) is 9.94. The van der Waals surface area contributed by atoms with Crippen molar-refractivity contribution in [1.29, 1.82) is 0 Å². The fourth-order valence-electron chi connectivity index (χ4n) is 2.71. The smallest absolute Gasteiger partial charge is 0.410 e. The van der Waals surface area contributed by atoms with Crippen LogP contribution in [0.5, 0.6) is 0 Å². The van der Waals surface area contributed by atoms with Crippen LogP contribution >= 0.6 is 0 Å². The van der Waals surface area contributed by atoms with Crippen LogP contribution in [0.3, 0.4) is 0 Å². The Labute approximate surface area is 131 Å². The fourth-order valence-corrected chi connectivity index (χ4v) is 2.71. The molecule has 0 aromatic carbocycles. The molecule has 0 saturated carbocycles. The Hall–Kier alpha value is -1.79. The van der Waals surface area contributed by atoms with E-state index in [-0.39, 0.29) is 36.5 Å². The summed E-state index contributed by atoms with van der Waals surface area (Å²) in [6, 6.07) is -0.628. The molecule has 1 fully saturated rings. The number of piperazine rings is 1. The van der Waals surface area contributed by atoms with Gasteiger partial charge in [-0.3, -0.25) is 9.59 Å². The zero-order valence-electron chi connectivity index (χ0n) is 14.3. The van der Waals surface area contributed by atoms with Gasteiger partial charge in [0, 0.05) is 18.6 Å². The monoisotopic (exact) mass is 313 g/mol. The van der Waals surface area contributed by atoms with E-state index >= 15 is 0 Å². The van der Waals surface area contributed by atoms with Crippen LogP contribution in [0.25, 0.3) is 0 Å². The van der Waals surface area contributed by atoms with Crippen molar-refractivity contribution in [2.24, 2.45) is 5.73 Å². The molecule has 1 aliphatic rings. The Kier molecular flexibility index (Phi) is 5.43. The molecule has 1 aliphatic heterocycles. The second-order valence-corrected chi connectivity index (χ2v) is 6.91. The molecule has 22 heavy (non-hydrogen) atoms. The van der Waals surface area contributed by atoms with Gasteiger partial charge in [-0.2, -0.15) is 0 Å². The van der Waals surface area contributed by atoms with E-state index in [0.717, 1.165) is 0 Å². The molecule has 7 heteroatoms. The number of amides is 3. The third-order valence-corrected chi connectivity index (χ3v) is 3.81. The van der Waals surface area contributed by atoms with Crippen molar-refractivity contribution in [1.82, 2.24) is 9.80 Å². The molecule has 1 heterocycles. The highest BCUT2D eigenvalue weighted by atomic mass is 16.6. The Bertz CT molecular complexity index is 458. The Balaban J connectivity index is 2.86. The van der Waals surface area contributed by atoms with Gasteiger partial charge in [0.15, 0.2) is 0 Å². The van der Waals surface area contributed by atoms with Gasteiger partial charge >= 0.3 is 6.09 Å². The molecule has 3 unspecified atom stereocenters. The van der Waals surface area contributed by atoms with Gasteiger partial charge in [-0.1, -0.05) is 0 Å². The highest BCUT2D eigenvalue weighted by molar-refractivity contribution is 5.96. The predicted molar refractivity (Wildman–Crippen MR) is 82.0 cm³/mol. The molecule has 0 aromatic rings. The standard InChI is InChI=1S/C15H27N3O4/c1-9-8-17(14(21)22-15(4,5)6)10(2)11(3)18(9)13(20)7-12(16)19/h9-11H,7-8H2,1-6H3,(H2,16,19). The quantitative estimate of drug-likeness (QED) is 0.773. The lowest BCUT2D eigenvalue weighted by Gasteiger charge is -2.48. The molecule has 0 spiro atoms. The third kappa shape index (κ3) is 4.35. The summed E-state index contributed by atoms with van der Waals surface area (Å²) >= 11 is 0. The number of nitrogens with two attached hydrogens (primary N) is 1. The summed E-state index contributed by atoms with van der Waals surface area (Å²) in [4.78, 5) is 38.7. The Morgan fingerprint density at radius 2 is 1.68 bits per heavy atom. The summed E-state index contributed by atoms with van der Waals surface area (Å²) < 4.78 is 5.41. The van der Waals surface area contributed by atoms with Gasteiger partial charge in [-0.15, -0.1) is 0 Å². The van der Waals surface area contributed by atoms with Crippen LogP contribution in [-0.4, -0.2) is 58.0 Å². The maximum atomic E-state index is 12.3. The van der Waals surface area contributed by atoms with Crippen molar-refractivity contribution in [2.45, 2.75) is 71.7 Å². The van der Waals surface area contributed by atoms with E-state index in [1.165, 1.54) is 0 Å². The van der Waals surface area contributed by atoms with E-state index in [2.05, 4.69) is 0 Å². The number of rotatable bonds is 2. The maximum absolute atomic E-state index is 12.3. The first-order valence-corrected chi connectivity index (χ1v) is 7.53. The van der Waals surface area contributed by atoms with Crippen LogP contribution in [-0.2, 0) is 14.3 Å². The highest BCUT2D eigenvalue weighted by Gasteiger charge is 2.41. The van der Waals surface area contributed by atoms with Crippen LogP contribution in [0.4, 0.5) is 4.79 Å². The van der Waals surface area contributed by atoms with Gasteiger partial charge in [-0.05, 0) is 41.5 Å². The second-order valence-electron chi connectivity index (χ2n) is 6.91. The van der Waals surface area contributed by atoms with Gasteiger partial charge < -0.3 is 20.3 Å². The number of primary amides is 1. The predicted octanol–water partition coefficient (Wildman–Crippen LogP) is 1.11.